The number of carbonyl (C=O) groups is 3. The summed E-state index contributed by atoms with van der Waals surface area (Å²) in [6.45, 7) is 6.38. The van der Waals surface area contributed by atoms with Crippen molar-refractivity contribution in [2.45, 2.75) is 297 Å². The summed E-state index contributed by atoms with van der Waals surface area (Å²) >= 11 is 0. The highest BCUT2D eigenvalue weighted by Crippen LogP contribution is 2.16. The fourth-order valence-corrected chi connectivity index (χ4v) is 8.74. The molecular formula is C71H118O6. The highest BCUT2D eigenvalue weighted by atomic mass is 16.6. The molecule has 0 spiro atoms. The van der Waals surface area contributed by atoms with E-state index < -0.39 is 6.10 Å². The van der Waals surface area contributed by atoms with E-state index in [1.54, 1.807) is 0 Å². The molecule has 0 aromatic carbocycles. The first-order valence-electron chi connectivity index (χ1n) is 32.0. The lowest BCUT2D eigenvalue weighted by Crippen LogP contribution is -2.30. The lowest BCUT2D eigenvalue weighted by Gasteiger charge is -2.18. The van der Waals surface area contributed by atoms with E-state index in [0.29, 0.717) is 19.3 Å². The van der Waals surface area contributed by atoms with Gasteiger partial charge >= 0.3 is 17.9 Å². The van der Waals surface area contributed by atoms with Crippen LogP contribution in [0.15, 0.2) is 122 Å². The second-order valence-corrected chi connectivity index (χ2v) is 20.9. The zero-order chi connectivity index (χ0) is 55.7. The smallest absolute Gasteiger partial charge is 0.306 e. The molecule has 0 aliphatic carbocycles. The number of carbonyl (C=O) groups excluding carboxylic acids is 3. The van der Waals surface area contributed by atoms with Gasteiger partial charge in [0.2, 0.25) is 0 Å². The molecule has 0 aromatic heterocycles. The topological polar surface area (TPSA) is 78.9 Å². The average molecular weight is 1070 g/mol. The molecule has 0 rings (SSSR count). The third-order valence-corrected chi connectivity index (χ3v) is 13.5. The van der Waals surface area contributed by atoms with E-state index in [-0.39, 0.29) is 37.5 Å². The predicted molar refractivity (Wildman–Crippen MR) is 334 cm³/mol. The van der Waals surface area contributed by atoms with Gasteiger partial charge in [0.1, 0.15) is 13.2 Å². The lowest BCUT2D eigenvalue weighted by atomic mass is 10.0. The first-order valence-corrected chi connectivity index (χ1v) is 32.0. The van der Waals surface area contributed by atoms with Crippen LogP contribution in [-0.2, 0) is 28.6 Å². The van der Waals surface area contributed by atoms with Crippen molar-refractivity contribution in [2.24, 2.45) is 0 Å². The molecule has 0 N–H and O–H groups in total. The van der Waals surface area contributed by atoms with Crippen LogP contribution in [0.2, 0.25) is 0 Å². The van der Waals surface area contributed by atoms with Gasteiger partial charge in [-0.05, 0) is 103 Å². The first kappa shape index (κ1) is 72.8. The van der Waals surface area contributed by atoms with Crippen molar-refractivity contribution < 1.29 is 28.6 Å². The fraction of sp³-hybridized carbons (Fsp3) is 0.676. The summed E-state index contributed by atoms with van der Waals surface area (Å²) < 4.78 is 16.9. The summed E-state index contributed by atoms with van der Waals surface area (Å²) in [5, 5.41) is 0. The molecule has 0 radical (unpaired) electrons. The maximum absolute atomic E-state index is 12.9. The van der Waals surface area contributed by atoms with Crippen molar-refractivity contribution in [3.05, 3.63) is 122 Å². The van der Waals surface area contributed by atoms with Gasteiger partial charge in [-0.3, -0.25) is 14.4 Å². The van der Waals surface area contributed by atoms with Gasteiger partial charge < -0.3 is 14.2 Å². The SMILES string of the molecule is CC/C=C\C/C=C\C/C=C\C/C=C\C/C=C\CCCCCCCCCC(=O)OCC(COC(=O)CCC/C=C\C/C=C\C/C=C\C/C=C\C/C=C\CC)OC(=O)CCCCCCCCCCCCCCCCCCCCC. The van der Waals surface area contributed by atoms with Crippen molar-refractivity contribution in [3.8, 4) is 0 Å². The van der Waals surface area contributed by atoms with Crippen LogP contribution in [0, 0.1) is 0 Å². The molecule has 0 heterocycles. The molecule has 0 aliphatic rings. The third kappa shape index (κ3) is 62.5. The van der Waals surface area contributed by atoms with Gasteiger partial charge in [-0.25, -0.2) is 0 Å². The zero-order valence-corrected chi connectivity index (χ0v) is 50.2. The van der Waals surface area contributed by atoms with Gasteiger partial charge in [0.05, 0.1) is 0 Å². The van der Waals surface area contributed by atoms with Crippen LogP contribution in [0.4, 0.5) is 0 Å². The van der Waals surface area contributed by atoms with E-state index in [0.717, 1.165) is 116 Å². The van der Waals surface area contributed by atoms with Crippen LogP contribution in [0.1, 0.15) is 290 Å². The van der Waals surface area contributed by atoms with Gasteiger partial charge in [0, 0.05) is 19.3 Å². The number of allylic oxidation sites excluding steroid dienone is 20. The summed E-state index contributed by atoms with van der Waals surface area (Å²) in [6, 6.07) is 0. The van der Waals surface area contributed by atoms with Crippen LogP contribution in [-0.4, -0.2) is 37.2 Å². The Kier molecular flexibility index (Phi) is 60.8. The maximum atomic E-state index is 12.9. The van der Waals surface area contributed by atoms with E-state index in [4.69, 9.17) is 14.2 Å². The molecular weight excluding hydrogens is 949 g/mol. The molecule has 438 valence electrons. The molecule has 77 heavy (non-hydrogen) atoms. The number of rotatable bonds is 57. The number of esters is 3. The Hall–Kier alpha value is -4.19. The molecule has 0 aromatic rings. The predicted octanol–water partition coefficient (Wildman–Crippen LogP) is 22.0. The Morgan fingerprint density at radius 2 is 0.519 bits per heavy atom. The largest absolute Gasteiger partial charge is 0.462 e. The summed E-state index contributed by atoms with van der Waals surface area (Å²) in [4.78, 5) is 38.3. The molecule has 0 bridgehead atoms. The molecule has 0 amide bonds. The average Bonchev–Trinajstić information content (AvgIpc) is 3.43. The Morgan fingerprint density at radius 3 is 0.844 bits per heavy atom. The van der Waals surface area contributed by atoms with Crippen LogP contribution in [0.5, 0.6) is 0 Å². The van der Waals surface area contributed by atoms with Gasteiger partial charge in [0.15, 0.2) is 6.10 Å². The van der Waals surface area contributed by atoms with Crippen LogP contribution >= 0.6 is 0 Å². The molecule has 1 atom stereocenters. The van der Waals surface area contributed by atoms with Crippen molar-refractivity contribution in [3.63, 3.8) is 0 Å². The standard InChI is InChI=1S/C71H118O6/c1-4-7-10-13-16-19-22-25-28-31-33-34-35-36-38-40-43-46-49-52-55-58-61-64-70(73)76-67-68(66-75-69(72)63-60-57-54-51-48-45-42-39-30-27-24-21-18-15-12-9-6-3)77-71(74)65-62-59-56-53-50-47-44-41-37-32-29-26-23-20-17-14-11-8-5-2/h7,9-10,12,16,18-19,21,25,27-28,30,33-34,36,38,42,45,51,54,68H,4-6,8,11,13-15,17,20,22-24,26,29,31-32,35,37,39-41,43-44,46-50,52-53,55-67H2,1-3H3/b10-7-,12-9-,19-16-,21-18-,28-25-,30-27-,34-33-,38-36-,45-42-,54-51-. The van der Waals surface area contributed by atoms with Gasteiger partial charge in [0.25, 0.3) is 0 Å². The highest BCUT2D eigenvalue weighted by molar-refractivity contribution is 5.71. The number of hydrogen-bond acceptors (Lipinski definition) is 6. The van der Waals surface area contributed by atoms with E-state index in [1.807, 2.05) is 0 Å². The molecule has 0 saturated carbocycles. The van der Waals surface area contributed by atoms with Gasteiger partial charge in [-0.1, -0.05) is 290 Å². The molecule has 6 heteroatoms. The van der Waals surface area contributed by atoms with E-state index in [2.05, 4.69) is 142 Å². The quantitative estimate of drug-likeness (QED) is 0.0261. The molecule has 0 saturated heterocycles. The van der Waals surface area contributed by atoms with E-state index in [1.165, 1.54) is 128 Å². The van der Waals surface area contributed by atoms with Crippen molar-refractivity contribution >= 4 is 17.9 Å². The van der Waals surface area contributed by atoms with Gasteiger partial charge in [-0.2, -0.15) is 0 Å². The highest BCUT2D eigenvalue weighted by Gasteiger charge is 2.19. The number of unbranched alkanes of at least 4 members (excludes halogenated alkanes) is 26. The summed E-state index contributed by atoms with van der Waals surface area (Å²) in [6.07, 6.45) is 89.2. The zero-order valence-electron chi connectivity index (χ0n) is 50.2. The summed E-state index contributed by atoms with van der Waals surface area (Å²) in [5.74, 6) is -0.965. The van der Waals surface area contributed by atoms with E-state index in [9.17, 15) is 14.4 Å². The molecule has 0 fully saturated rings. The fourth-order valence-electron chi connectivity index (χ4n) is 8.74. The maximum Gasteiger partial charge on any atom is 0.306 e. The minimum Gasteiger partial charge on any atom is -0.462 e. The minimum atomic E-state index is -0.809. The van der Waals surface area contributed by atoms with Crippen LogP contribution < -0.4 is 0 Å². The van der Waals surface area contributed by atoms with Crippen molar-refractivity contribution in [1.29, 1.82) is 0 Å². The second-order valence-electron chi connectivity index (χ2n) is 20.9. The van der Waals surface area contributed by atoms with Crippen LogP contribution in [0.3, 0.4) is 0 Å². The number of ether oxygens (including phenoxy) is 3. The second kappa shape index (κ2) is 64.3. The monoisotopic (exact) mass is 1070 g/mol. The first-order chi connectivity index (χ1) is 38.0. The van der Waals surface area contributed by atoms with Crippen molar-refractivity contribution in [1.82, 2.24) is 0 Å². The Labute approximate surface area is 475 Å². The molecule has 0 aliphatic heterocycles. The van der Waals surface area contributed by atoms with E-state index >= 15 is 0 Å². The van der Waals surface area contributed by atoms with Crippen molar-refractivity contribution in [2.75, 3.05) is 13.2 Å². The Balaban J connectivity index is 4.46. The van der Waals surface area contributed by atoms with Gasteiger partial charge in [-0.15, -0.1) is 0 Å². The molecule has 6 nitrogen and oxygen atoms in total. The van der Waals surface area contributed by atoms with Crippen LogP contribution in [0.25, 0.3) is 0 Å². The Morgan fingerprint density at radius 1 is 0.273 bits per heavy atom. The third-order valence-electron chi connectivity index (χ3n) is 13.5. The number of hydrogen-bond donors (Lipinski definition) is 0. The minimum absolute atomic E-state index is 0.102. The normalized spacial score (nSPS) is 12.9. The molecule has 1 unspecified atom stereocenters. The summed E-state index contributed by atoms with van der Waals surface area (Å²) in [7, 11) is 0. The lowest BCUT2D eigenvalue weighted by molar-refractivity contribution is -0.167. The summed E-state index contributed by atoms with van der Waals surface area (Å²) in [5.41, 5.74) is 0. The Bertz CT molecular complexity index is 1600.